The van der Waals surface area contributed by atoms with Gasteiger partial charge in [-0.1, -0.05) is 6.08 Å². The van der Waals surface area contributed by atoms with Gasteiger partial charge in [0.25, 0.3) is 0 Å². The number of anilines is 2. The first kappa shape index (κ1) is 11.9. The lowest BCUT2D eigenvalue weighted by molar-refractivity contribution is 0.238. The van der Waals surface area contributed by atoms with Crippen LogP contribution in [0.4, 0.5) is 11.6 Å². The Bertz CT molecular complexity index is 383. The topological polar surface area (TPSA) is 61.3 Å². The van der Waals surface area contributed by atoms with Crippen LogP contribution in [0, 0.1) is 5.92 Å². The molecule has 0 aliphatic carbocycles. The predicted molar refractivity (Wildman–Crippen MR) is 68.1 cm³/mol. The second kappa shape index (κ2) is 5.63. The first-order chi connectivity index (χ1) is 8.33. The summed E-state index contributed by atoms with van der Waals surface area (Å²) in [5.41, 5.74) is 0. The van der Waals surface area contributed by atoms with E-state index in [-0.39, 0.29) is 6.61 Å². The van der Waals surface area contributed by atoms with Crippen molar-refractivity contribution in [3.63, 3.8) is 0 Å². The molecule has 0 amide bonds. The predicted octanol–water partition coefficient (Wildman–Crippen LogP) is 0.893. The molecule has 2 N–H and O–H groups in total. The minimum Gasteiger partial charge on any atom is -0.396 e. The Morgan fingerprint density at radius 1 is 1.59 bits per heavy atom. The number of aliphatic hydroxyl groups excluding tert-OH is 1. The number of hydrogen-bond donors (Lipinski definition) is 2. The summed E-state index contributed by atoms with van der Waals surface area (Å²) >= 11 is 0. The van der Waals surface area contributed by atoms with Crippen molar-refractivity contribution in [3.8, 4) is 0 Å². The Morgan fingerprint density at radius 2 is 2.47 bits per heavy atom. The van der Waals surface area contributed by atoms with Gasteiger partial charge in [0.1, 0.15) is 18.0 Å². The maximum absolute atomic E-state index is 9.12. The van der Waals surface area contributed by atoms with Crippen molar-refractivity contribution in [2.45, 2.75) is 6.42 Å². The van der Waals surface area contributed by atoms with Gasteiger partial charge in [-0.2, -0.15) is 0 Å². The Balaban J connectivity index is 2.03. The molecule has 1 fully saturated rings. The second-order valence-electron chi connectivity index (χ2n) is 4.21. The highest BCUT2D eigenvalue weighted by Gasteiger charge is 2.22. The smallest absolute Gasteiger partial charge is 0.134 e. The summed E-state index contributed by atoms with van der Waals surface area (Å²) < 4.78 is 0. The van der Waals surface area contributed by atoms with Crippen LogP contribution in [-0.2, 0) is 0 Å². The third-order valence-electron chi connectivity index (χ3n) is 2.95. The van der Waals surface area contributed by atoms with E-state index in [2.05, 4.69) is 26.8 Å². The van der Waals surface area contributed by atoms with Gasteiger partial charge in [0, 0.05) is 38.2 Å². The molecule has 5 nitrogen and oxygen atoms in total. The molecule has 0 radical (unpaired) electrons. The minimum atomic E-state index is 0.253. The van der Waals surface area contributed by atoms with Crippen LogP contribution in [0.3, 0.4) is 0 Å². The number of rotatable bonds is 5. The average Bonchev–Trinajstić information content (AvgIpc) is 2.85. The van der Waals surface area contributed by atoms with Gasteiger partial charge in [-0.15, -0.1) is 6.58 Å². The molecule has 92 valence electrons. The monoisotopic (exact) mass is 234 g/mol. The maximum atomic E-state index is 9.12. The summed E-state index contributed by atoms with van der Waals surface area (Å²) in [5, 5.41) is 12.3. The van der Waals surface area contributed by atoms with Crippen molar-refractivity contribution in [1.29, 1.82) is 0 Å². The van der Waals surface area contributed by atoms with E-state index >= 15 is 0 Å². The van der Waals surface area contributed by atoms with Gasteiger partial charge >= 0.3 is 0 Å². The largest absolute Gasteiger partial charge is 0.396 e. The molecule has 17 heavy (non-hydrogen) atoms. The molecule has 0 spiro atoms. The standard InChI is InChI=1S/C12H18N4O/c1-2-4-13-11-6-12(15-9-14-11)16-5-3-10(7-16)8-17/h2,6,9-10,17H,1,3-5,7-8H2,(H,13,14,15). The third-order valence-corrected chi connectivity index (χ3v) is 2.95. The second-order valence-corrected chi connectivity index (χ2v) is 4.21. The Kier molecular flexibility index (Phi) is 3.93. The molecule has 1 saturated heterocycles. The lowest BCUT2D eigenvalue weighted by Gasteiger charge is -2.17. The molecule has 2 rings (SSSR count). The highest BCUT2D eigenvalue weighted by molar-refractivity contribution is 5.49. The summed E-state index contributed by atoms with van der Waals surface area (Å²) in [6.07, 6.45) is 4.38. The molecule has 0 bridgehead atoms. The van der Waals surface area contributed by atoms with Crippen LogP contribution in [0.15, 0.2) is 25.0 Å². The van der Waals surface area contributed by atoms with Crippen molar-refractivity contribution in [2.24, 2.45) is 5.92 Å². The van der Waals surface area contributed by atoms with E-state index < -0.39 is 0 Å². The van der Waals surface area contributed by atoms with E-state index in [0.29, 0.717) is 12.5 Å². The van der Waals surface area contributed by atoms with Crippen LogP contribution >= 0.6 is 0 Å². The van der Waals surface area contributed by atoms with Crippen LogP contribution in [-0.4, -0.2) is 41.3 Å². The van der Waals surface area contributed by atoms with Crippen LogP contribution < -0.4 is 10.2 Å². The fourth-order valence-electron chi connectivity index (χ4n) is 1.98. The zero-order valence-electron chi connectivity index (χ0n) is 9.84. The summed E-state index contributed by atoms with van der Waals surface area (Å²) in [5.74, 6) is 2.10. The molecule has 1 aliphatic rings. The summed E-state index contributed by atoms with van der Waals surface area (Å²) in [6, 6.07) is 1.93. The van der Waals surface area contributed by atoms with Crippen LogP contribution in [0.2, 0.25) is 0 Å². The van der Waals surface area contributed by atoms with E-state index in [9.17, 15) is 0 Å². The fraction of sp³-hybridized carbons (Fsp3) is 0.500. The third kappa shape index (κ3) is 2.94. The SMILES string of the molecule is C=CCNc1cc(N2CCC(CO)C2)ncn1. The van der Waals surface area contributed by atoms with Gasteiger partial charge in [-0.3, -0.25) is 0 Å². The molecular weight excluding hydrogens is 216 g/mol. The number of aromatic nitrogens is 2. The molecule has 1 unspecified atom stereocenters. The highest BCUT2D eigenvalue weighted by Crippen LogP contribution is 2.22. The zero-order chi connectivity index (χ0) is 12.1. The van der Waals surface area contributed by atoms with E-state index in [4.69, 9.17) is 5.11 Å². The summed E-state index contributed by atoms with van der Waals surface area (Å²) in [6.45, 7) is 6.41. The first-order valence-electron chi connectivity index (χ1n) is 5.86. The van der Waals surface area contributed by atoms with E-state index in [1.165, 1.54) is 0 Å². The number of nitrogens with one attached hydrogen (secondary N) is 1. The molecule has 5 heteroatoms. The Hall–Kier alpha value is -1.62. The maximum Gasteiger partial charge on any atom is 0.134 e. The van der Waals surface area contributed by atoms with Gasteiger partial charge in [0.05, 0.1) is 0 Å². The number of hydrogen-bond acceptors (Lipinski definition) is 5. The van der Waals surface area contributed by atoms with E-state index in [0.717, 1.165) is 31.1 Å². The normalized spacial score (nSPS) is 19.4. The molecule has 1 atom stereocenters. The molecule has 0 aromatic carbocycles. The van der Waals surface area contributed by atoms with Gasteiger partial charge in [-0.05, 0) is 6.42 Å². The van der Waals surface area contributed by atoms with Crippen molar-refractivity contribution in [2.75, 3.05) is 36.5 Å². The average molecular weight is 234 g/mol. The fourth-order valence-corrected chi connectivity index (χ4v) is 1.98. The molecule has 1 aromatic heterocycles. The van der Waals surface area contributed by atoms with Crippen LogP contribution in [0.25, 0.3) is 0 Å². The van der Waals surface area contributed by atoms with E-state index in [1.807, 2.05) is 6.07 Å². The van der Waals surface area contributed by atoms with Gasteiger partial charge in [-0.25, -0.2) is 9.97 Å². The molecule has 1 aliphatic heterocycles. The van der Waals surface area contributed by atoms with Gasteiger partial charge < -0.3 is 15.3 Å². The van der Waals surface area contributed by atoms with Crippen molar-refractivity contribution in [1.82, 2.24) is 9.97 Å². The Morgan fingerprint density at radius 3 is 3.18 bits per heavy atom. The highest BCUT2D eigenvalue weighted by atomic mass is 16.3. The van der Waals surface area contributed by atoms with Crippen LogP contribution in [0.5, 0.6) is 0 Å². The molecule has 0 saturated carbocycles. The molecule has 2 heterocycles. The van der Waals surface area contributed by atoms with E-state index in [1.54, 1.807) is 12.4 Å². The Labute approximate surface area is 101 Å². The quantitative estimate of drug-likeness (QED) is 0.741. The number of aliphatic hydroxyl groups is 1. The lowest BCUT2D eigenvalue weighted by Crippen LogP contribution is -2.22. The number of nitrogens with zero attached hydrogens (tertiary/aromatic N) is 3. The van der Waals surface area contributed by atoms with Gasteiger partial charge in [0.2, 0.25) is 0 Å². The first-order valence-corrected chi connectivity index (χ1v) is 5.86. The van der Waals surface area contributed by atoms with Crippen molar-refractivity contribution < 1.29 is 5.11 Å². The van der Waals surface area contributed by atoms with Crippen LogP contribution in [0.1, 0.15) is 6.42 Å². The lowest BCUT2D eigenvalue weighted by atomic mass is 10.1. The van der Waals surface area contributed by atoms with Crippen molar-refractivity contribution >= 4 is 11.6 Å². The molecular formula is C12H18N4O. The molecule has 1 aromatic rings. The zero-order valence-corrected chi connectivity index (χ0v) is 9.84. The summed E-state index contributed by atoms with van der Waals surface area (Å²) in [4.78, 5) is 10.6. The summed E-state index contributed by atoms with van der Waals surface area (Å²) in [7, 11) is 0. The van der Waals surface area contributed by atoms with Crippen molar-refractivity contribution in [3.05, 3.63) is 25.0 Å². The minimum absolute atomic E-state index is 0.253. The van der Waals surface area contributed by atoms with Gasteiger partial charge in [0.15, 0.2) is 0 Å².